The molecule has 0 saturated heterocycles. The Labute approximate surface area is 419 Å². The molecule has 6 aromatic carbocycles. The molecule has 1 aliphatic rings. The molecule has 0 bridgehead atoms. The van der Waals surface area contributed by atoms with Gasteiger partial charge in [-0.15, -0.1) is 0 Å². The van der Waals surface area contributed by atoms with E-state index in [9.17, 15) is 0 Å². The van der Waals surface area contributed by atoms with E-state index in [-0.39, 0.29) is 32.5 Å². The monoisotopic (exact) mass is 929 g/mol. The van der Waals surface area contributed by atoms with Gasteiger partial charge >= 0.3 is 0 Å². The van der Waals surface area contributed by atoms with Gasteiger partial charge in [0.2, 0.25) is 0 Å². The number of hydrogen-bond donors (Lipinski definition) is 0. The van der Waals surface area contributed by atoms with Crippen molar-refractivity contribution >= 4 is 44.6 Å². The molecule has 5 heteroatoms. The Hall–Kier alpha value is -6.33. The zero-order valence-electron chi connectivity index (χ0n) is 45.2. The third-order valence-corrected chi connectivity index (χ3v) is 14.7. The fourth-order valence-electron chi connectivity index (χ4n) is 10.1. The molecule has 3 heterocycles. The minimum absolute atomic E-state index is 0.0118. The summed E-state index contributed by atoms with van der Waals surface area (Å²) in [6.45, 7) is 39.9. The van der Waals surface area contributed by atoms with Gasteiger partial charge in [0.05, 0.1) is 22.4 Å². The second-order valence-electron chi connectivity index (χ2n) is 25.6. The molecule has 0 atom stereocenters. The SMILES string of the molecule is CC(C)(C)c1cc(Oc2cc(C(C)(C)c3ccccc3)c3c4ccccc4n(-c4cc(C(C)(C)C)ccn4)c3c2)cc(N2CN(c3cc(C(C)(C)C)cc(C(C)(C)C)c3)c3ccc(C(C)(C)C)cc32)c1. The predicted octanol–water partition coefficient (Wildman–Crippen LogP) is 18.0. The van der Waals surface area contributed by atoms with Crippen LogP contribution in [0.4, 0.5) is 22.7 Å². The van der Waals surface area contributed by atoms with Crippen LogP contribution in [0.5, 0.6) is 11.5 Å². The average molecular weight is 929 g/mol. The Morgan fingerprint density at radius 2 is 0.943 bits per heavy atom. The summed E-state index contributed by atoms with van der Waals surface area (Å²) in [7, 11) is 0. The molecular weight excluding hydrogens is 853 g/mol. The molecule has 0 unspecified atom stereocenters. The van der Waals surface area contributed by atoms with Gasteiger partial charge in [-0.3, -0.25) is 4.57 Å². The first-order valence-corrected chi connectivity index (χ1v) is 25.4. The zero-order valence-corrected chi connectivity index (χ0v) is 45.2. The Balaban J connectivity index is 1.25. The van der Waals surface area contributed by atoms with Gasteiger partial charge in [0.15, 0.2) is 0 Å². The van der Waals surface area contributed by atoms with E-state index in [4.69, 9.17) is 9.72 Å². The summed E-state index contributed by atoms with van der Waals surface area (Å²) >= 11 is 0. The maximum Gasteiger partial charge on any atom is 0.137 e. The summed E-state index contributed by atoms with van der Waals surface area (Å²) in [5.74, 6) is 2.48. The summed E-state index contributed by atoms with van der Waals surface area (Å²) in [4.78, 5) is 10.1. The first kappa shape index (κ1) is 48.7. The molecule has 9 rings (SSSR count). The topological polar surface area (TPSA) is 33.5 Å². The molecule has 362 valence electrons. The average Bonchev–Trinajstić information content (AvgIpc) is 3.83. The van der Waals surface area contributed by atoms with E-state index in [0.717, 1.165) is 34.0 Å². The summed E-state index contributed by atoms with van der Waals surface area (Å²) in [5.41, 5.74) is 15.1. The van der Waals surface area contributed by atoms with Gasteiger partial charge in [0.25, 0.3) is 0 Å². The number of nitrogens with zero attached hydrogens (tertiary/aromatic N) is 4. The highest BCUT2D eigenvalue weighted by molar-refractivity contribution is 6.12. The van der Waals surface area contributed by atoms with Crippen molar-refractivity contribution in [2.45, 2.75) is 150 Å². The molecule has 0 amide bonds. The van der Waals surface area contributed by atoms with Crippen LogP contribution in [0.1, 0.15) is 157 Å². The van der Waals surface area contributed by atoms with Crippen LogP contribution in [0.2, 0.25) is 0 Å². The Bertz CT molecular complexity index is 3230. The van der Waals surface area contributed by atoms with Gasteiger partial charge in [-0.1, -0.05) is 178 Å². The summed E-state index contributed by atoms with van der Waals surface area (Å²) in [6.07, 6.45) is 1.96. The minimum Gasteiger partial charge on any atom is -0.457 e. The molecule has 0 fully saturated rings. The zero-order chi connectivity index (χ0) is 50.5. The van der Waals surface area contributed by atoms with E-state index in [1.165, 1.54) is 66.8 Å². The number of anilines is 4. The van der Waals surface area contributed by atoms with Crippen molar-refractivity contribution in [1.29, 1.82) is 0 Å². The molecule has 70 heavy (non-hydrogen) atoms. The van der Waals surface area contributed by atoms with Crippen LogP contribution in [0.25, 0.3) is 27.6 Å². The lowest BCUT2D eigenvalue weighted by atomic mass is 9.76. The molecule has 1 aliphatic heterocycles. The fraction of sp³-hybridized carbons (Fsp3) is 0.369. The first-order chi connectivity index (χ1) is 32.6. The largest absolute Gasteiger partial charge is 0.457 e. The van der Waals surface area contributed by atoms with E-state index in [0.29, 0.717) is 6.67 Å². The van der Waals surface area contributed by atoms with Crippen molar-refractivity contribution in [2.75, 3.05) is 16.5 Å². The number of ether oxygens (including phenoxy) is 1. The van der Waals surface area contributed by atoms with Crippen LogP contribution < -0.4 is 14.5 Å². The van der Waals surface area contributed by atoms with Crippen molar-refractivity contribution < 1.29 is 4.74 Å². The molecule has 2 aromatic heterocycles. The van der Waals surface area contributed by atoms with Crippen molar-refractivity contribution in [1.82, 2.24) is 9.55 Å². The quantitative estimate of drug-likeness (QED) is 0.159. The minimum atomic E-state index is -0.377. The molecule has 0 radical (unpaired) electrons. The lowest BCUT2D eigenvalue weighted by Gasteiger charge is -2.30. The Morgan fingerprint density at radius 1 is 0.414 bits per heavy atom. The number of aromatic nitrogens is 2. The van der Waals surface area contributed by atoms with Gasteiger partial charge < -0.3 is 14.5 Å². The van der Waals surface area contributed by atoms with Crippen LogP contribution >= 0.6 is 0 Å². The summed E-state index contributed by atoms with van der Waals surface area (Å²) < 4.78 is 9.71. The van der Waals surface area contributed by atoms with Crippen LogP contribution in [-0.2, 0) is 32.5 Å². The Kier molecular flexibility index (Phi) is 11.8. The van der Waals surface area contributed by atoms with E-state index < -0.39 is 0 Å². The number of rotatable bonds is 7. The second kappa shape index (κ2) is 16.9. The first-order valence-electron chi connectivity index (χ1n) is 25.4. The maximum atomic E-state index is 7.37. The predicted molar refractivity (Wildman–Crippen MR) is 299 cm³/mol. The van der Waals surface area contributed by atoms with Gasteiger partial charge in [-0.25, -0.2) is 4.98 Å². The highest BCUT2D eigenvalue weighted by Gasteiger charge is 2.34. The third-order valence-electron chi connectivity index (χ3n) is 14.7. The van der Waals surface area contributed by atoms with Crippen molar-refractivity contribution in [3.05, 3.63) is 179 Å². The van der Waals surface area contributed by atoms with Gasteiger partial charge in [-0.05, 0) is 127 Å². The van der Waals surface area contributed by atoms with Crippen LogP contribution in [0.3, 0.4) is 0 Å². The number of hydrogen-bond acceptors (Lipinski definition) is 4. The lowest BCUT2D eigenvalue weighted by Crippen LogP contribution is -2.26. The number of para-hydroxylation sites is 1. The molecule has 0 aliphatic carbocycles. The van der Waals surface area contributed by atoms with Crippen LogP contribution in [-0.4, -0.2) is 16.2 Å². The molecule has 0 saturated carbocycles. The standard InChI is InChI=1S/C65H76N4O/c1-60(2,3)43-27-28-55-56(36-43)68(41-67(55)48-32-45(62(7,8)9)31-46(33-48)63(10,11)12)49-34-47(64(13,14)15)35-50(38-49)70-51-39-53(65(16,17)42-23-19-18-20-24-42)59-52-25-21-22-26-54(52)69(57(59)40-51)58-37-44(29-30-66-58)61(4,5)6/h18-40H,41H2,1-17H3. The lowest BCUT2D eigenvalue weighted by molar-refractivity contribution is 0.477. The maximum absolute atomic E-state index is 7.37. The van der Waals surface area contributed by atoms with Gasteiger partial charge in [0.1, 0.15) is 24.0 Å². The fourth-order valence-corrected chi connectivity index (χ4v) is 10.1. The molecule has 0 N–H and O–H groups in total. The van der Waals surface area contributed by atoms with Gasteiger partial charge in [-0.2, -0.15) is 0 Å². The highest BCUT2D eigenvalue weighted by Crippen LogP contribution is 2.50. The molecular formula is C65H76N4O. The normalized spacial score (nSPS) is 14.0. The van der Waals surface area contributed by atoms with Gasteiger partial charge in [0, 0.05) is 45.9 Å². The summed E-state index contributed by atoms with van der Waals surface area (Å²) in [6, 6.07) is 49.8. The summed E-state index contributed by atoms with van der Waals surface area (Å²) in [5, 5.41) is 2.40. The van der Waals surface area contributed by atoms with Crippen molar-refractivity contribution in [2.24, 2.45) is 0 Å². The van der Waals surface area contributed by atoms with E-state index >= 15 is 0 Å². The molecule has 0 spiro atoms. The highest BCUT2D eigenvalue weighted by atomic mass is 16.5. The number of fused-ring (bicyclic) bond motifs is 4. The van der Waals surface area contributed by atoms with E-state index in [2.05, 4.69) is 266 Å². The smallest absolute Gasteiger partial charge is 0.137 e. The van der Waals surface area contributed by atoms with Crippen molar-refractivity contribution in [3.8, 4) is 17.3 Å². The Morgan fingerprint density at radius 3 is 1.56 bits per heavy atom. The van der Waals surface area contributed by atoms with Crippen LogP contribution in [0, 0.1) is 0 Å². The van der Waals surface area contributed by atoms with Crippen LogP contribution in [0.15, 0.2) is 140 Å². The van der Waals surface area contributed by atoms with E-state index in [1.54, 1.807) is 0 Å². The number of pyridine rings is 1. The second-order valence-corrected chi connectivity index (χ2v) is 25.6. The van der Waals surface area contributed by atoms with Crippen molar-refractivity contribution in [3.63, 3.8) is 0 Å². The number of benzene rings is 6. The molecule has 5 nitrogen and oxygen atoms in total. The third kappa shape index (κ3) is 9.13. The molecule has 8 aromatic rings. The van der Waals surface area contributed by atoms with E-state index in [1.807, 2.05) is 6.20 Å².